The molecule has 0 saturated carbocycles. The fourth-order valence-corrected chi connectivity index (χ4v) is 0.260. The van der Waals surface area contributed by atoms with E-state index in [4.69, 9.17) is 10.5 Å². The molecular formula is C5H11NO. The molecule has 7 heavy (non-hydrogen) atoms. The third-order valence-electron chi connectivity index (χ3n) is 0.591. The zero-order valence-corrected chi connectivity index (χ0v) is 4.55. The monoisotopic (exact) mass is 101 g/mol. The van der Waals surface area contributed by atoms with Crippen LogP contribution in [0.25, 0.3) is 0 Å². The maximum atomic E-state index is 5.24. The molecule has 2 nitrogen and oxygen atoms in total. The number of hydrogen-bond donors (Lipinski definition) is 1. The van der Waals surface area contributed by atoms with Crippen LogP contribution in [0.3, 0.4) is 0 Å². The average Bonchev–Trinajstić information content (AvgIpc) is 1.68. The first-order valence-electron chi connectivity index (χ1n) is 2.31. The lowest BCUT2D eigenvalue weighted by atomic mass is 10.6. The first kappa shape index (κ1) is 6.66. The van der Waals surface area contributed by atoms with Crippen LogP contribution >= 0.6 is 0 Å². The van der Waals surface area contributed by atoms with Gasteiger partial charge in [0.1, 0.15) is 6.23 Å². The Morgan fingerprint density at radius 1 is 2.00 bits per heavy atom. The Morgan fingerprint density at radius 2 is 2.57 bits per heavy atom. The van der Waals surface area contributed by atoms with E-state index in [0.29, 0.717) is 6.61 Å². The molecule has 2 heteroatoms. The lowest BCUT2D eigenvalue weighted by molar-refractivity contribution is 0.101. The Morgan fingerprint density at radius 3 is 2.71 bits per heavy atom. The minimum absolute atomic E-state index is 0.287. The smallest absolute Gasteiger partial charge is 0.124 e. The van der Waals surface area contributed by atoms with Gasteiger partial charge in [-0.15, -0.1) is 0 Å². The van der Waals surface area contributed by atoms with E-state index in [9.17, 15) is 0 Å². The lowest BCUT2D eigenvalue weighted by Gasteiger charge is -2.02. The highest BCUT2D eigenvalue weighted by atomic mass is 16.5. The summed E-state index contributed by atoms with van der Waals surface area (Å²) in [6, 6.07) is 0. The van der Waals surface area contributed by atoms with Crippen molar-refractivity contribution >= 4 is 0 Å². The number of nitrogens with two attached hydrogens (primary N) is 1. The van der Waals surface area contributed by atoms with Crippen molar-refractivity contribution in [3.63, 3.8) is 0 Å². The summed E-state index contributed by atoms with van der Waals surface area (Å²) >= 11 is 0. The minimum atomic E-state index is -0.287. The molecule has 0 aliphatic carbocycles. The minimum Gasteiger partial charge on any atom is -0.360 e. The molecule has 0 rings (SSSR count). The van der Waals surface area contributed by atoms with Crippen LogP contribution in [0.1, 0.15) is 6.92 Å². The lowest BCUT2D eigenvalue weighted by Crippen LogP contribution is -2.19. The number of ether oxygens (including phenoxy) is 1. The first-order valence-corrected chi connectivity index (χ1v) is 2.31. The van der Waals surface area contributed by atoms with Crippen molar-refractivity contribution in [2.75, 3.05) is 6.61 Å². The maximum Gasteiger partial charge on any atom is 0.124 e. The van der Waals surface area contributed by atoms with Gasteiger partial charge >= 0.3 is 0 Å². The molecule has 0 aliphatic heterocycles. The van der Waals surface area contributed by atoms with Crippen LogP contribution < -0.4 is 5.73 Å². The topological polar surface area (TPSA) is 35.2 Å². The van der Waals surface area contributed by atoms with Gasteiger partial charge in [0.15, 0.2) is 0 Å². The summed E-state index contributed by atoms with van der Waals surface area (Å²) in [4.78, 5) is 0. The summed E-state index contributed by atoms with van der Waals surface area (Å²) in [6.07, 6.45) is 1.27. The Hall–Kier alpha value is -0.340. The van der Waals surface area contributed by atoms with E-state index in [1.165, 1.54) is 0 Å². The zero-order valence-electron chi connectivity index (χ0n) is 4.55. The summed E-state index contributed by atoms with van der Waals surface area (Å²) in [5.74, 6) is 0. The summed E-state index contributed by atoms with van der Waals surface area (Å²) in [7, 11) is 0. The van der Waals surface area contributed by atoms with Gasteiger partial charge in [0, 0.05) is 6.61 Å². The Labute approximate surface area is 44.0 Å². The molecule has 0 aromatic carbocycles. The van der Waals surface area contributed by atoms with Crippen LogP contribution in [-0.2, 0) is 4.74 Å². The highest BCUT2D eigenvalue weighted by molar-refractivity contribution is 4.73. The van der Waals surface area contributed by atoms with Gasteiger partial charge in [-0.25, -0.2) is 0 Å². The Balaban J connectivity index is 2.98. The highest BCUT2D eigenvalue weighted by Gasteiger charge is 1.87. The van der Waals surface area contributed by atoms with Gasteiger partial charge in [0.05, 0.1) is 0 Å². The molecule has 42 valence electrons. The van der Waals surface area contributed by atoms with E-state index in [2.05, 4.69) is 6.58 Å². The van der Waals surface area contributed by atoms with E-state index < -0.39 is 0 Å². The molecule has 0 aliphatic rings. The van der Waals surface area contributed by atoms with E-state index in [-0.39, 0.29) is 6.23 Å². The number of hydrogen-bond acceptors (Lipinski definition) is 2. The van der Waals surface area contributed by atoms with Crippen molar-refractivity contribution in [1.29, 1.82) is 0 Å². The van der Waals surface area contributed by atoms with Crippen LogP contribution in [0.4, 0.5) is 0 Å². The van der Waals surface area contributed by atoms with Crippen LogP contribution in [0.15, 0.2) is 12.7 Å². The summed E-state index contributed by atoms with van der Waals surface area (Å²) in [5, 5.41) is 0. The molecule has 0 heterocycles. The van der Waals surface area contributed by atoms with Gasteiger partial charge in [-0.3, -0.25) is 0 Å². The largest absolute Gasteiger partial charge is 0.360 e. The molecule has 1 atom stereocenters. The molecule has 0 bridgehead atoms. The Bertz CT molecular complexity index is 54.0. The van der Waals surface area contributed by atoms with Crippen molar-refractivity contribution in [3.8, 4) is 0 Å². The van der Waals surface area contributed by atoms with Gasteiger partial charge in [-0.05, 0) is 13.0 Å². The van der Waals surface area contributed by atoms with Crippen LogP contribution in [0.2, 0.25) is 0 Å². The Kier molecular flexibility index (Phi) is 3.65. The molecule has 0 saturated heterocycles. The van der Waals surface area contributed by atoms with Crippen LogP contribution in [-0.4, -0.2) is 12.8 Å². The third-order valence-corrected chi connectivity index (χ3v) is 0.591. The van der Waals surface area contributed by atoms with Gasteiger partial charge in [-0.1, -0.05) is 6.58 Å². The van der Waals surface area contributed by atoms with Crippen molar-refractivity contribution in [1.82, 2.24) is 0 Å². The van der Waals surface area contributed by atoms with Gasteiger partial charge < -0.3 is 10.5 Å². The fourth-order valence-electron chi connectivity index (χ4n) is 0.260. The van der Waals surface area contributed by atoms with E-state index in [1.807, 2.05) is 6.92 Å². The second kappa shape index (κ2) is 3.84. The molecule has 0 amide bonds. The standard InChI is InChI=1S/C5H11NO/c1-3-5(6)7-4-2/h3,5H,1,4,6H2,2H3. The van der Waals surface area contributed by atoms with Crippen molar-refractivity contribution < 1.29 is 4.74 Å². The predicted octanol–water partition coefficient (Wildman–Crippen LogP) is 0.494. The van der Waals surface area contributed by atoms with Crippen LogP contribution in [0, 0.1) is 0 Å². The summed E-state index contributed by atoms with van der Waals surface area (Å²) in [5.41, 5.74) is 5.24. The van der Waals surface area contributed by atoms with E-state index in [0.717, 1.165) is 0 Å². The van der Waals surface area contributed by atoms with Gasteiger partial charge in [-0.2, -0.15) is 0 Å². The quantitative estimate of drug-likeness (QED) is 0.415. The normalized spacial score (nSPS) is 13.4. The van der Waals surface area contributed by atoms with Crippen molar-refractivity contribution in [2.24, 2.45) is 5.73 Å². The molecule has 0 fully saturated rings. The summed E-state index contributed by atoms with van der Waals surface area (Å²) in [6.45, 7) is 5.97. The van der Waals surface area contributed by atoms with E-state index in [1.54, 1.807) is 6.08 Å². The summed E-state index contributed by atoms with van der Waals surface area (Å²) < 4.78 is 4.85. The third kappa shape index (κ3) is 3.49. The van der Waals surface area contributed by atoms with Crippen molar-refractivity contribution in [3.05, 3.63) is 12.7 Å². The fraction of sp³-hybridized carbons (Fsp3) is 0.600. The number of rotatable bonds is 3. The molecule has 0 radical (unpaired) electrons. The SMILES string of the molecule is C=CC(N)OCC. The van der Waals surface area contributed by atoms with Crippen molar-refractivity contribution in [2.45, 2.75) is 13.2 Å². The molecular weight excluding hydrogens is 90.1 g/mol. The maximum absolute atomic E-state index is 5.24. The van der Waals surface area contributed by atoms with E-state index >= 15 is 0 Å². The first-order chi connectivity index (χ1) is 3.31. The highest BCUT2D eigenvalue weighted by Crippen LogP contribution is 1.79. The van der Waals surface area contributed by atoms with Crippen LogP contribution in [0.5, 0.6) is 0 Å². The average molecular weight is 101 g/mol. The zero-order chi connectivity index (χ0) is 5.70. The predicted molar refractivity (Wildman–Crippen MR) is 29.8 cm³/mol. The second-order valence-corrected chi connectivity index (χ2v) is 1.16. The molecule has 0 spiro atoms. The molecule has 1 unspecified atom stereocenters. The van der Waals surface area contributed by atoms with Gasteiger partial charge in [0.25, 0.3) is 0 Å². The molecule has 2 N–H and O–H groups in total. The molecule has 0 aromatic rings. The van der Waals surface area contributed by atoms with Gasteiger partial charge in [0.2, 0.25) is 0 Å². The molecule has 0 aromatic heterocycles. The second-order valence-electron chi connectivity index (χ2n) is 1.16.